The van der Waals surface area contributed by atoms with E-state index in [1.54, 1.807) is 5.92 Å². The van der Waals surface area contributed by atoms with E-state index in [9.17, 15) is 4.79 Å². The Morgan fingerprint density at radius 2 is 2.12 bits per heavy atom. The molecule has 0 bridgehead atoms. The molecule has 1 aromatic heterocycles. The molecule has 3 rings (SSSR count). The van der Waals surface area contributed by atoms with E-state index in [0.717, 1.165) is 55.4 Å². The SMILES string of the molecule is [CH2-]CCC[C-]1CCN(C(=O)Cc2cccc3nc(C)oc23)CC1.[Y]. The number of fused-ring (bicyclic) bond motifs is 1. The average Bonchev–Trinajstić information content (AvgIpc) is 2.94. The molecule has 1 amide bonds. The maximum Gasteiger partial charge on any atom is 0.226 e. The summed E-state index contributed by atoms with van der Waals surface area (Å²) in [5, 5.41) is 0. The van der Waals surface area contributed by atoms with Crippen LogP contribution in [0.3, 0.4) is 0 Å². The molecule has 127 valence electrons. The second kappa shape index (κ2) is 9.10. The zero-order chi connectivity index (χ0) is 16.2. The van der Waals surface area contributed by atoms with E-state index in [1.807, 2.05) is 30.0 Å². The number of aryl methyl sites for hydroxylation is 1. The number of rotatable bonds is 5. The Kier molecular flexibility index (Phi) is 7.42. The predicted molar refractivity (Wildman–Crippen MR) is 90.7 cm³/mol. The van der Waals surface area contributed by atoms with Gasteiger partial charge in [0.05, 0.1) is 6.42 Å². The number of amides is 1. The number of carbonyl (C=O) groups excluding carboxylic acids is 1. The Bertz CT molecular complexity index is 675. The van der Waals surface area contributed by atoms with Gasteiger partial charge in [0.15, 0.2) is 11.5 Å². The number of carbonyl (C=O) groups is 1. The number of likely N-dealkylation sites (tertiary alicyclic amines) is 1. The summed E-state index contributed by atoms with van der Waals surface area (Å²) in [6, 6.07) is 5.82. The molecule has 4 nitrogen and oxygen atoms in total. The summed E-state index contributed by atoms with van der Waals surface area (Å²) in [6.45, 7) is 7.42. The van der Waals surface area contributed by atoms with Crippen LogP contribution in [0.4, 0.5) is 0 Å². The number of hydrogen-bond acceptors (Lipinski definition) is 3. The van der Waals surface area contributed by atoms with Crippen LogP contribution in [-0.4, -0.2) is 28.9 Å². The zero-order valence-corrected chi connectivity index (χ0v) is 17.2. The molecule has 0 saturated carbocycles. The minimum Gasteiger partial charge on any atom is -0.441 e. The van der Waals surface area contributed by atoms with Crippen molar-refractivity contribution in [3.8, 4) is 0 Å². The van der Waals surface area contributed by atoms with Crippen LogP contribution in [0.5, 0.6) is 0 Å². The zero-order valence-electron chi connectivity index (χ0n) is 14.4. The van der Waals surface area contributed by atoms with Gasteiger partial charge in [-0.25, -0.2) is 4.98 Å². The fourth-order valence-corrected chi connectivity index (χ4v) is 3.23. The van der Waals surface area contributed by atoms with Gasteiger partial charge in [0.2, 0.25) is 5.91 Å². The van der Waals surface area contributed by atoms with Crippen molar-refractivity contribution in [1.82, 2.24) is 9.88 Å². The first-order valence-electron chi connectivity index (χ1n) is 8.43. The molecule has 1 fully saturated rings. The Balaban J connectivity index is 0.00000208. The largest absolute Gasteiger partial charge is 0.441 e. The van der Waals surface area contributed by atoms with Crippen molar-refractivity contribution in [3.05, 3.63) is 42.5 Å². The quantitative estimate of drug-likeness (QED) is 0.715. The smallest absolute Gasteiger partial charge is 0.226 e. The van der Waals surface area contributed by atoms with Crippen molar-refractivity contribution in [3.63, 3.8) is 0 Å². The summed E-state index contributed by atoms with van der Waals surface area (Å²) in [7, 11) is 0. The van der Waals surface area contributed by atoms with E-state index in [1.165, 1.54) is 6.42 Å². The number of benzene rings is 1. The van der Waals surface area contributed by atoms with E-state index in [4.69, 9.17) is 4.42 Å². The first-order valence-corrected chi connectivity index (χ1v) is 8.43. The van der Waals surface area contributed by atoms with Crippen LogP contribution < -0.4 is 0 Å². The van der Waals surface area contributed by atoms with Crippen LogP contribution >= 0.6 is 0 Å². The summed E-state index contributed by atoms with van der Waals surface area (Å²) in [6.07, 6.45) is 5.79. The Hall–Kier alpha value is -0.736. The summed E-state index contributed by atoms with van der Waals surface area (Å²) in [5.74, 6) is 2.41. The number of aromatic nitrogens is 1. The van der Waals surface area contributed by atoms with Gasteiger partial charge in [-0.2, -0.15) is 25.7 Å². The van der Waals surface area contributed by atoms with E-state index in [0.29, 0.717) is 12.3 Å². The number of unbranched alkanes of at least 4 members (excludes halogenated alkanes) is 1. The maximum atomic E-state index is 12.6. The normalized spacial score (nSPS) is 15.5. The molecule has 1 radical (unpaired) electrons. The molecule has 1 aliphatic rings. The van der Waals surface area contributed by atoms with Crippen molar-refractivity contribution >= 4 is 17.0 Å². The molecule has 5 heteroatoms. The van der Waals surface area contributed by atoms with Crippen LogP contribution in [0, 0.1) is 19.8 Å². The summed E-state index contributed by atoms with van der Waals surface area (Å²) >= 11 is 0. The number of oxazole rings is 1. The summed E-state index contributed by atoms with van der Waals surface area (Å²) in [4.78, 5) is 18.9. The number of para-hydroxylation sites is 1. The molecule has 1 saturated heterocycles. The molecule has 0 spiro atoms. The van der Waals surface area contributed by atoms with Gasteiger partial charge in [-0.1, -0.05) is 12.1 Å². The van der Waals surface area contributed by atoms with Crippen molar-refractivity contribution < 1.29 is 41.9 Å². The van der Waals surface area contributed by atoms with E-state index < -0.39 is 0 Å². The van der Waals surface area contributed by atoms with Gasteiger partial charge in [0.1, 0.15) is 5.52 Å². The first kappa shape index (κ1) is 19.6. The van der Waals surface area contributed by atoms with Crippen LogP contribution in [0.1, 0.15) is 43.6 Å². The van der Waals surface area contributed by atoms with Gasteiger partial charge in [-0.05, 0) is 19.2 Å². The average molecular weight is 401 g/mol. The van der Waals surface area contributed by atoms with Crippen molar-refractivity contribution in [2.24, 2.45) is 0 Å². The Morgan fingerprint density at radius 1 is 1.38 bits per heavy atom. The van der Waals surface area contributed by atoms with Crippen LogP contribution in [0.2, 0.25) is 0 Å². The molecule has 1 aromatic carbocycles. The minimum atomic E-state index is 0. The molecule has 0 atom stereocenters. The molecule has 24 heavy (non-hydrogen) atoms. The van der Waals surface area contributed by atoms with Gasteiger partial charge in [0, 0.05) is 45.2 Å². The van der Waals surface area contributed by atoms with E-state index >= 15 is 0 Å². The molecule has 0 unspecified atom stereocenters. The molecule has 2 aromatic rings. The van der Waals surface area contributed by atoms with Gasteiger partial charge < -0.3 is 22.2 Å². The second-order valence-electron chi connectivity index (χ2n) is 6.26. The standard InChI is InChI=1S/C19H24N2O2.Y/c1-3-4-6-15-9-11-21(12-10-15)18(22)13-16-7-5-8-17-19(16)23-14(2)20-17;/h5,7-8H,1,3-4,6,9-13H2,2H3;/q-2;. The van der Waals surface area contributed by atoms with Gasteiger partial charge in [-0.15, -0.1) is 6.42 Å². The van der Waals surface area contributed by atoms with Gasteiger partial charge >= 0.3 is 0 Å². The molecule has 0 N–H and O–H groups in total. The third-order valence-corrected chi connectivity index (χ3v) is 4.55. The molecule has 0 aliphatic carbocycles. The number of nitrogens with zero attached hydrogens (tertiary/aromatic N) is 2. The predicted octanol–water partition coefficient (Wildman–Crippen LogP) is 3.88. The fraction of sp³-hybridized carbons (Fsp3) is 0.474. The number of hydrogen-bond donors (Lipinski definition) is 0. The summed E-state index contributed by atoms with van der Waals surface area (Å²) < 4.78 is 5.66. The Morgan fingerprint density at radius 3 is 2.83 bits per heavy atom. The van der Waals surface area contributed by atoms with Gasteiger partial charge in [-0.3, -0.25) is 4.79 Å². The van der Waals surface area contributed by atoms with Crippen molar-refractivity contribution in [2.75, 3.05) is 13.1 Å². The monoisotopic (exact) mass is 401 g/mol. The van der Waals surface area contributed by atoms with Crippen LogP contribution in [0.15, 0.2) is 22.6 Å². The topological polar surface area (TPSA) is 46.3 Å². The molecule has 1 aliphatic heterocycles. The van der Waals surface area contributed by atoms with Crippen LogP contribution in [0.25, 0.3) is 11.1 Å². The van der Waals surface area contributed by atoms with Crippen molar-refractivity contribution in [1.29, 1.82) is 0 Å². The minimum absolute atomic E-state index is 0. The summed E-state index contributed by atoms with van der Waals surface area (Å²) in [5.41, 5.74) is 2.51. The van der Waals surface area contributed by atoms with Crippen molar-refractivity contribution in [2.45, 2.75) is 45.4 Å². The Labute approximate surface area is 169 Å². The first-order chi connectivity index (χ1) is 11.2. The third kappa shape index (κ3) is 4.66. The molecular weight excluding hydrogens is 377 g/mol. The second-order valence-corrected chi connectivity index (χ2v) is 6.26. The van der Waals surface area contributed by atoms with E-state index in [2.05, 4.69) is 11.9 Å². The third-order valence-electron chi connectivity index (χ3n) is 4.55. The van der Waals surface area contributed by atoms with E-state index in [-0.39, 0.29) is 38.6 Å². The van der Waals surface area contributed by atoms with Gasteiger partial charge in [0.25, 0.3) is 0 Å². The molecular formula is C19H24N2O2Y-2. The van der Waals surface area contributed by atoms with Crippen LogP contribution in [-0.2, 0) is 43.9 Å². The fourth-order valence-electron chi connectivity index (χ4n) is 3.23. The maximum absolute atomic E-state index is 12.6. The number of piperidine rings is 1. The molecule has 2 heterocycles.